The van der Waals surface area contributed by atoms with Crippen LogP contribution in [0.5, 0.6) is 0 Å². The van der Waals surface area contributed by atoms with E-state index < -0.39 is 26.0 Å². The van der Waals surface area contributed by atoms with Crippen LogP contribution in [-0.2, 0) is 24.8 Å². The molecule has 0 aliphatic carbocycles. The molecule has 28 heavy (non-hydrogen) atoms. The van der Waals surface area contributed by atoms with Crippen LogP contribution in [0.2, 0.25) is 0 Å². The van der Waals surface area contributed by atoms with Gasteiger partial charge < -0.3 is 5.32 Å². The predicted octanol–water partition coefficient (Wildman–Crippen LogP) is 1.93. The minimum atomic E-state index is -3.87. The average Bonchev–Trinajstić information content (AvgIpc) is 2.55. The largest absolute Gasteiger partial charge is 0.325 e. The molecule has 2 N–H and O–H groups in total. The summed E-state index contributed by atoms with van der Waals surface area (Å²) < 4.78 is 51.8. The number of carbonyl (C=O) groups is 1. The van der Waals surface area contributed by atoms with Crippen molar-refractivity contribution < 1.29 is 21.6 Å². The van der Waals surface area contributed by atoms with Crippen molar-refractivity contribution in [2.24, 2.45) is 0 Å². The molecule has 0 unspecified atom stereocenters. The normalized spacial score (nSPS) is 12.0. The lowest BCUT2D eigenvalue weighted by Gasteiger charge is -2.15. The summed E-state index contributed by atoms with van der Waals surface area (Å²) in [6.07, 6.45) is 0.994. The van der Waals surface area contributed by atoms with Crippen molar-refractivity contribution in [3.63, 3.8) is 0 Å². The summed E-state index contributed by atoms with van der Waals surface area (Å²) in [7, 11) is -6.09. The highest BCUT2D eigenvalue weighted by Crippen LogP contribution is 2.23. The van der Waals surface area contributed by atoms with Gasteiger partial charge in [0, 0.05) is 18.4 Å². The topological polar surface area (TPSA) is 113 Å². The van der Waals surface area contributed by atoms with Gasteiger partial charge in [-0.05, 0) is 49.2 Å². The van der Waals surface area contributed by atoms with Crippen LogP contribution < -0.4 is 10.0 Å². The molecule has 0 aliphatic rings. The molecule has 0 radical (unpaired) electrons. The van der Waals surface area contributed by atoms with Crippen LogP contribution in [0.3, 0.4) is 0 Å². The second-order valence-electron chi connectivity index (χ2n) is 6.52. The van der Waals surface area contributed by atoms with E-state index in [-0.39, 0.29) is 17.1 Å². The van der Waals surface area contributed by atoms with E-state index in [2.05, 4.69) is 10.0 Å². The van der Waals surface area contributed by atoms with E-state index in [0.717, 1.165) is 16.1 Å². The van der Waals surface area contributed by atoms with Gasteiger partial charge in [-0.15, -0.1) is 0 Å². The van der Waals surface area contributed by atoms with Gasteiger partial charge in [-0.1, -0.05) is 18.2 Å². The fourth-order valence-corrected chi connectivity index (χ4v) is 4.08. The number of hydrogen-bond acceptors (Lipinski definition) is 5. The minimum absolute atomic E-state index is 0.0169. The predicted molar refractivity (Wildman–Crippen MR) is 109 cm³/mol. The van der Waals surface area contributed by atoms with Gasteiger partial charge in [-0.2, -0.15) is 4.31 Å². The molecule has 8 nitrogen and oxygen atoms in total. The smallest absolute Gasteiger partial charge is 0.262 e. The minimum Gasteiger partial charge on any atom is -0.325 e. The van der Waals surface area contributed by atoms with E-state index in [1.54, 1.807) is 37.3 Å². The van der Waals surface area contributed by atoms with Gasteiger partial charge in [0.05, 0.1) is 17.7 Å². The number of likely N-dealkylation sites (N-methyl/N-ethyl adjacent to an activating group) is 1. The highest BCUT2D eigenvalue weighted by molar-refractivity contribution is 7.92. The van der Waals surface area contributed by atoms with Crippen molar-refractivity contribution in [3.05, 3.63) is 53.6 Å². The third kappa shape index (κ3) is 5.78. The molecular weight excluding hydrogens is 402 g/mol. The van der Waals surface area contributed by atoms with Crippen LogP contribution in [0.4, 0.5) is 11.4 Å². The molecule has 2 rings (SSSR count). The molecule has 10 heteroatoms. The number of nitrogens with one attached hydrogen (secondary N) is 2. The van der Waals surface area contributed by atoms with E-state index in [4.69, 9.17) is 0 Å². The number of sulfonamides is 2. The fraction of sp³-hybridized carbons (Fsp3) is 0.278. The Morgan fingerprint density at radius 2 is 1.68 bits per heavy atom. The van der Waals surface area contributed by atoms with Crippen LogP contribution in [-0.4, -0.2) is 46.9 Å². The Morgan fingerprint density at radius 1 is 1.00 bits per heavy atom. The maximum atomic E-state index is 12.8. The van der Waals surface area contributed by atoms with E-state index in [1.165, 1.54) is 13.1 Å². The Morgan fingerprint density at radius 3 is 2.29 bits per heavy atom. The monoisotopic (exact) mass is 425 g/mol. The maximum absolute atomic E-state index is 12.8. The zero-order valence-electron chi connectivity index (χ0n) is 16.1. The highest BCUT2D eigenvalue weighted by atomic mass is 32.2. The van der Waals surface area contributed by atoms with E-state index in [1.807, 2.05) is 13.0 Å². The molecule has 0 atom stereocenters. The number of rotatable bonds is 7. The molecule has 0 heterocycles. The second kappa shape index (κ2) is 8.29. The van der Waals surface area contributed by atoms with Crippen LogP contribution in [0, 0.1) is 13.8 Å². The molecule has 2 aromatic rings. The number of nitrogens with zero attached hydrogens (tertiary/aromatic N) is 1. The molecule has 2 aromatic carbocycles. The number of benzene rings is 2. The first-order chi connectivity index (χ1) is 12.9. The van der Waals surface area contributed by atoms with Gasteiger partial charge in [0.25, 0.3) is 10.0 Å². The average molecular weight is 426 g/mol. The van der Waals surface area contributed by atoms with Crippen LogP contribution in [0.25, 0.3) is 0 Å². The van der Waals surface area contributed by atoms with Crippen LogP contribution in [0.1, 0.15) is 11.1 Å². The summed E-state index contributed by atoms with van der Waals surface area (Å²) in [4.78, 5) is 12.1. The summed E-state index contributed by atoms with van der Waals surface area (Å²) in [5.41, 5.74) is 2.10. The van der Waals surface area contributed by atoms with Crippen molar-refractivity contribution in [1.29, 1.82) is 0 Å². The molecule has 0 fully saturated rings. The Balaban J connectivity index is 2.23. The Bertz CT molecular complexity index is 1100. The lowest BCUT2D eigenvalue weighted by molar-refractivity contribution is -0.116. The first-order valence-electron chi connectivity index (χ1n) is 8.30. The van der Waals surface area contributed by atoms with E-state index >= 15 is 0 Å². The third-order valence-electron chi connectivity index (χ3n) is 3.96. The van der Waals surface area contributed by atoms with Gasteiger partial charge in [0.2, 0.25) is 15.9 Å². The number of hydrogen-bond donors (Lipinski definition) is 2. The number of aryl methyl sites for hydroxylation is 2. The summed E-state index contributed by atoms with van der Waals surface area (Å²) in [5.74, 6) is -0.577. The summed E-state index contributed by atoms with van der Waals surface area (Å²) in [6, 6.07) is 11.4. The molecule has 1 amide bonds. The van der Waals surface area contributed by atoms with Crippen molar-refractivity contribution in [2.45, 2.75) is 18.7 Å². The Labute approximate surface area is 165 Å². The van der Waals surface area contributed by atoms with Crippen LogP contribution in [0.15, 0.2) is 47.4 Å². The maximum Gasteiger partial charge on any atom is 0.262 e. The zero-order chi connectivity index (χ0) is 21.1. The Hall–Kier alpha value is -2.43. The first kappa shape index (κ1) is 21.9. The fourth-order valence-electron chi connectivity index (χ4n) is 2.41. The molecule has 0 spiro atoms. The van der Waals surface area contributed by atoms with Crippen molar-refractivity contribution in [1.82, 2.24) is 4.31 Å². The SMILES string of the molecule is Cc1cccc(NS(=O)(=O)c2cc(NC(=O)CN(C)S(C)(=O)=O)ccc2C)c1. The number of anilines is 2. The van der Waals surface area contributed by atoms with Gasteiger partial charge in [-0.3, -0.25) is 9.52 Å². The van der Waals surface area contributed by atoms with E-state index in [9.17, 15) is 21.6 Å². The van der Waals surface area contributed by atoms with Crippen molar-refractivity contribution in [3.8, 4) is 0 Å². The van der Waals surface area contributed by atoms with Gasteiger partial charge >= 0.3 is 0 Å². The van der Waals surface area contributed by atoms with Crippen molar-refractivity contribution in [2.75, 3.05) is 29.9 Å². The molecule has 0 bridgehead atoms. The molecule has 0 saturated carbocycles. The van der Waals surface area contributed by atoms with E-state index in [0.29, 0.717) is 11.3 Å². The van der Waals surface area contributed by atoms with Crippen molar-refractivity contribution >= 4 is 37.3 Å². The first-order valence-corrected chi connectivity index (χ1v) is 11.6. The van der Waals surface area contributed by atoms with Gasteiger partial charge in [-0.25, -0.2) is 16.8 Å². The molecule has 152 valence electrons. The number of amides is 1. The number of carbonyl (C=O) groups excluding carboxylic acids is 1. The lowest BCUT2D eigenvalue weighted by atomic mass is 10.2. The molecular formula is C18H23N3O5S2. The Kier molecular flexibility index (Phi) is 6.48. The quantitative estimate of drug-likeness (QED) is 0.704. The molecule has 0 saturated heterocycles. The molecule has 0 aromatic heterocycles. The summed E-state index contributed by atoms with van der Waals surface area (Å²) in [5, 5.41) is 2.52. The van der Waals surface area contributed by atoms with Gasteiger partial charge in [0.1, 0.15) is 0 Å². The zero-order valence-corrected chi connectivity index (χ0v) is 17.7. The molecule has 0 aliphatic heterocycles. The van der Waals surface area contributed by atoms with Crippen LogP contribution >= 0.6 is 0 Å². The van der Waals surface area contributed by atoms with Gasteiger partial charge in [0.15, 0.2) is 0 Å². The lowest BCUT2D eigenvalue weighted by Crippen LogP contribution is -2.34. The summed E-state index contributed by atoms with van der Waals surface area (Å²) in [6.45, 7) is 3.12. The highest BCUT2D eigenvalue weighted by Gasteiger charge is 2.19. The standard InChI is InChI=1S/C18H23N3O5S2/c1-13-6-5-7-16(10-13)20-28(25,26)17-11-15(9-8-14(17)2)19-18(22)12-21(3)27(4,23)24/h5-11,20H,12H2,1-4H3,(H,19,22). The summed E-state index contributed by atoms with van der Waals surface area (Å²) >= 11 is 0. The second-order valence-corrected chi connectivity index (χ2v) is 10.3. The third-order valence-corrected chi connectivity index (χ3v) is 6.75.